The van der Waals surface area contributed by atoms with E-state index in [1.54, 1.807) is 12.1 Å². The lowest BCUT2D eigenvalue weighted by atomic mass is 10.1. The fraction of sp³-hybridized carbons (Fsp3) is 0.357. The molecule has 5 heteroatoms. The van der Waals surface area contributed by atoms with Crippen LogP contribution in [0.25, 0.3) is 11.4 Å². The van der Waals surface area contributed by atoms with E-state index in [0.717, 1.165) is 17.9 Å². The highest BCUT2D eigenvalue weighted by Gasteiger charge is 2.14. The van der Waals surface area contributed by atoms with Crippen molar-refractivity contribution in [3.05, 3.63) is 35.7 Å². The first-order chi connectivity index (χ1) is 9.15. The van der Waals surface area contributed by atoms with Crippen molar-refractivity contribution in [3.63, 3.8) is 0 Å². The summed E-state index contributed by atoms with van der Waals surface area (Å²) in [6.45, 7) is 4.82. The Labute approximate surface area is 112 Å². The maximum atomic E-state index is 9.31. The average Bonchev–Trinajstić information content (AvgIpc) is 2.81. The molecule has 1 heterocycles. The van der Waals surface area contributed by atoms with Gasteiger partial charge in [-0.05, 0) is 30.2 Å². The maximum Gasteiger partial charge on any atom is 0.164 e. The quantitative estimate of drug-likeness (QED) is 0.907. The summed E-state index contributed by atoms with van der Waals surface area (Å²) in [6, 6.07) is 9.29. The van der Waals surface area contributed by atoms with Gasteiger partial charge in [-0.2, -0.15) is 5.26 Å². The Hall–Kier alpha value is -2.19. The van der Waals surface area contributed by atoms with E-state index in [9.17, 15) is 5.11 Å². The fourth-order valence-electron chi connectivity index (χ4n) is 1.92. The molecule has 0 saturated carbocycles. The lowest BCUT2D eigenvalue weighted by Crippen LogP contribution is -2.10. The summed E-state index contributed by atoms with van der Waals surface area (Å²) in [5.41, 5.74) is 1.51. The normalized spacial score (nSPS) is 10.7. The molecule has 98 valence electrons. The molecule has 19 heavy (non-hydrogen) atoms. The number of aliphatic hydroxyl groups is 1. The average molecular weight is 256 g/mol. The standard InChI is InChI=1S/C14H16N4O/c1-10(2)8-18-13(9-19)16-17-14(18)12-5-3-11(7-15)4-6-12/h3-6,10,19H,8-9H2,1-2H3. The minimum atomic E-state index is -0.129. The molecule has 0 aliphatic heterocycles. The van der Waals surface area contributed by atoms with E-state index in [0.29, 0.717) is 17.3 Å². The number of hydrogen-bond donors (Lipinski definition) is 1. The van der Waals surface area contributed by atoms with E-state index in [-0.39, 0.29) is 6.61 Å². The summed E-state index contributed by atoms with van der Waals surface area (Å²) in [5.74, 6) is 1.72. The van der Waals surface area contributed by atoms with E-state index >= 15 is 0 Å². The van der Waals surface area contributed by atoms with E-state index in [1.807, 2.05) is 16.7 Å². The molecule has 0 aliphatic rings. The molecule has 1 aromatic carbocycles. The van der Waals surface area contributed by atoms with Gasteiger partial charge in [0.1, 0.15) is 6.61 Å². The summed E-state index contributed by atoms with van der Waals surface area (Å²) < 4.78 is 1.92. The molecule has 0 spiro atoms. The summed E-state index contributed by atoms with van der Waals surface area (Å²) in [7, 11) is 0. The van der Waals surface area contributed by atoms with Gasteiger partial charge in [-0.3, -0.25) is 0 Å². The number of aliphatic hydroxyl groups excluding tert-OH is 1. The Balaban J connectivity index is 2.43. The fourth-order valence-corrected chi connectivity index (χ4v) is 1.92. The maximum absolute atomic E-state index is 9.31. The van der Waals surface area contributed by atoms with Crippen molar-refractivity contribution >= 4 is 0 Å². The van der Waals surface area contributed by atoms with E-state index in [2.05, 4.69) is 30.1 Å². The van der Waals surface area contributed by atoms with Crippen LogP contribution in [0.3, 0.4) is 0 Å². The van der Waals surface area contributed by atoms with Crippen molar-refractivity contribution in [3.8, 4) is 17.5 Å². The Morgan fingerprint density at radius 1 is 1.26 bits per heavy atom. The smallest absolute Gasteiger partial charge is 0.164 e. The van der Waals surface area contributed by atoms with Crippen LogP contribution in [0.5, 0.6) is 0 Å². The first-order valence-electron chi connectivity index (χ1n) is 6.19. The van der Waals surface area contributed by atoms with Crippen LogP contribution < -0.4 is 0 Å². The Morgan fingerprint density at radius 2 is 1.95 bits per heavy atom. The molecular formula is C14H16N4O. The molecule has 5 nitrogen and oxygen atoms in total. The highest BCUT2D eigenvalue weighted by atomic mass is 16.3. The Morgan fingerprint density at radius 3 is 2.47 bits per heavy atom. The van der Waals surface area contributed by atoms with Gasteiger partial charge in [-0.25, -0.2) is 0 Å². The minimum Gasteiger partial charge on any atom is -0.388 e. The van der Waals surface area contributed by atoms with Crippen LogP contribution in [0, 0.1) is 17.2 Å². The summed E-state index contributed by atoms with van der Waals surface area (Å²) >= 11 is 0. The first-order valence-corrected chi connectivity index (χ1v) is 6.19. The SMILES string of the molecule is CC(C)Cn1c(CO)nnc1-c1ccc(C#N)cc1. The van der Waals surface area contributed by atoms with Gasteiger partial charge in [-0.1, -0.05) is 13.8 Å². The van der Waals surface area contributed by atoms with Gasteiger partial charge >= 0.3 is 0 Å². The van der Waals surface area contributed by atoms with E-state index < -0.39 is 0 Å². The van der Waals surface area contributed by atoms with Gasteiger partial charge in [0, 0.05) is 12.1 Å². The number of aromatic nitrogens is 3. The molecule has 0 aliphatic carbocycles. The third-order valence-electron chi connectivity index (χ3n) is 2.79. The molecular weight excluding hydrogens is 240 g/mol. The zero-order valence-electron chi connectivity index (χ0n) is 11.0. The summed E-state index contributed by atoms with van der Waals surface area (Å²) in [6.07, 6.45) is 0. The number of rotatable bonds is 4. The number of hydrogen-bond acceptors (Lipinski definition) is 4. The van der Waals surface area contributed by atoms with Crippen molar-refractivity contribution in [2.75, 3.05) is 0 Å². The van der Waals surface area contributed by atoms with Gasteiger partial charge in [0.2, 0.25) is 0 Å². The second kappa shape index (κ2) is 5.63. The van der Waals surface area contributed by atoms with Crippen LogP contribution in [0.15, 0.2) is 24.3 Å². The van der Waals surface area contributed by atoms with Crippen molar-refractivity contribution < 1.29 is 5.11 Å². The molecule has 0 saturated heterocycles. The van der Waals surface area contributed by atoms with E-state index in [1.165, 1.54) is 0 Å². The van der Waals surface area contributed by atoms with Crippen molar-refractivity contribution in [2.24, 2.45) is 5.92 Å². The Kier molecular flexibility index (Phi) is 3.93. The molecule has 0 bridgehead atoms. The van der Waals surface area contributed by atoms with Gasteiger partial charge in [0.15, 0.2) is 11.6 Å². The third kappa shape index (κ3) is 2.80. The van der Waals surface area contributed by atoms with Crippen LogP contribution >= 0.6 is 0 Å². The summed E-state index contributed by atoms with van der Waals surface area (Å²) in [4.78, 5) is 0. The van der Waals surface area contributed by atoms with Crippen LogP contribution in [-0.4, -0.2) is 19.9 Å². The highest BCUT2D eigenvalue weighted by Crippen LogP contribution is 2.20. The second-order valence-electron chi connectivity index (χ2n) is 4.79. The predicted molar refractivity (Wildman–Crippen MR) is 70.9 cm³/mol. The monoisotopic (exact) mass is 256 g/mol. The topological polar surface area (TPSA) is 74.7 Å². The largest absolute Gasteiger partial charge is 0.388 e. The van der Waals surface area contributed by atoms with Gasteiger partial charge in [0.05, 0.1) is 11.6 Å². The molecule has 0 unspecified atom stereocenters. The molecule has 0 fully saturated rings. The first kappa shape index (κ1) is 13.2. The molecule has 0 amide bonds. The zero-order valence-corrected chi connectivity index (χ0v) is 11.0. The van der Waals surface area contributed by atoms with Crippen LogP contribution in [0.2, 0.25) is 0 Å². The lowest BCUT2D eigenvalue weighted by Gasteiger charge is -2.11. The number of nitriles is 1. The van der Waals surface area contributed by atoms with Gasteiger partial charge < -0.3 is 9.67 Å². The molecule has 0 radical (unpaired) electrons. The lowest BCUT2D eigenvalue weighted by molar-refractivity contribution is 0.262. The van der Waals surface area contributed by atoms with Crippen LogP contribution in [-0.2, 0) is 13.2 Å². The van der Waals surface area contributed by atoms with Crippen molar-refractivity contribution in [1.82, 2.24) is 14.8 Å². The molecule has 1 aromatic heterocycles. The number of benzene rings is 1. The molecule has 2 aromatic rings. The minimum absolute atomic E-state index is 0.129. The zero-order chi connectivity index (χ0) is 13.8. The van der Waals surface area contributed by atoms with Crippen LogP contribution in [0.4, 0.5) is 0 Å². The number of nitrogens with zero attached hydrogens (tertiary/aromatic N) is 4. The van der Waals surface area contributed by atoms with E-state index in [4.69, 9.17) is 5.26 Å². The third-order valence-corrected chi connectivity index (χ3v) is 2.79. The van der Waals surface area contributed by atoms with Gasteiger partial charge in [-0.15, -0.1) is 10.2 Å². The van der Waals surface area contributed by atoms with Gasteiger partial charge in [0.25, 0.3) is 0 Å². The molecule has 0 atom stereocenters. The Bertz CT molecular complexity index is 593. The predicted octanol–water partition coefficient (Wildman–Crippen LogP) is 1.97. The molecule has 1 N–H and O–H groups in total. The van der Waals surface area contributed by atoms with Crippen molar-refractivity contribution in [2.45, 2.75) is 27.0 Å². The summed E-state index contributed by atoms with van der Waals surface area (Å²) in [5, 5.41) is 26.2. The highest BCUT2D eigenvalue weighted by molar-refractivity contribution is 5.56. The van der Waals surface area contributed by atoms with Crippen molar-refractivity contribution in [1.29, 1.82) is 5.26 Å². The molecule has 2 rings (SSSR count). The van der Waals surface area contributed by atoms with Crippen LogP contribution in [0.1, 0.15) is 25.2 Å². The second-order valence-corrected chi connectivity index (χ2v) is 4.79.